The van der Waals surface area contributed by atoms with E-state index in [0.29, 0.717) is 12.1 Å². The fourth-order valence-electron chi connectivity index (χ4n) is 3.88. The number of hydrogen-bond acceptors (Lipinski definition) is 3. The zero-order valence-electron chi connectivity index (χ0n) is 12.1. The smallest absolute Gasteiger partial charge is 0.0645 e. The minimum atomic E-state index is -0.0919. The number of nitrogens with zero attached hydrogens (tertiary/aromatic N) is 3. The molecule has 0 saturated carbocycles. The molecular formula is C17H21N3O. The predicted octanol–water partition coefficient (Wildman–Crippen LogP) is 2.36. The Kier molecular flexibility index (Phi) is 3.28. The number of aliphatic hydroxyl groups excluding tert-OH is 1. The zero-order chi connectivity index (χ0) is 14.2. The molecular weight excluding hydrogens is 262 g/mol. The van der Waals surface area contributed by atoms with Gasteiger partial charge in [0.1, 0.15) is 0 Å². The zero-order valence-corrected chi connectivity index (χ0v) is 12.1. The summed E-state index contributed by atoms with van der Waals surface area (Å²) in [5.41, 5.74) is 2.35. The summed E-state index contributed by atoms with van der Waals surface area (Å²) in [5, 5.41) is 14.4. The van der Waals surface area contributed by atoms with Crippen LogP contribution in [0, 0.1) is 0 Å². The standard InChI is InChI=1S/C17H21N3O/c21-17-8-15-6-7-16(9-17)19(15)11-13-10-18-20(12-13)14-4-2-1-3-5-14/h1-5,10,12,15-17,21H,6-9,11H2. The summed E-state index contributed by atoms with van der Waals surface area (Å²) in [6.07, 6.45) is 8.33. The van der Waals surface area contributed by atoms with Gasteiger partial charge in [-0.25, -0.2) is 4.68 Å². The van der Waals surface area contributed by atoms with Crippen LogP contribution < -0.4 is 0 Å². The molecule has 2 bridgehead atoms. The maximum atomic E-state index is 9.88. The molecule has 2 fully saturated rings. The molecule has 2 unspecified atom stereocenters. The van der Waals surface area contributed by atoms with Gasteiger partial charge in [-0.2, -0.15) is 5.10 Å². The summed E-state index contributed by atoms with van der Waals surface area (Å²) in [6, 6.07) is 11.3. The van der Waals surface area contributed by atoms with Crippen LogP contribution in [0.25, 0.3) is 5.69 Å². The molecule has 0 spiro atoms. The van der Waals surface area contributed by atoms with E-state index < -0.39 is 0 Å². The summed E-state index contributed by atoms with van der Waals surface area (Å²) in [4.78, 5) is 2.57. The Hall–Kier alpha value is -1.65. The minimum absolute atomic E-state index is 0.0919. The molecule has 4 heteroatoms. The van der Waals surface area contributed by atoms with Crippen molar-refractivity contribution in [2.45, 2.75) is 50.4 Å². The van der Waals surface area contributed by atoms with Crippen LogP contribution in [0.4, 0.5) is 0 Å². The molecule has 0 radical (unpaired) electrons. The van der Waals surface area contributed by atoms with Gasteiger partial charge in [-0.3, -0.25) is 4.90 Å². The van der Waals surface area contributed by atoms with E-state index in [9.17, 15) is 5.11 Å². The van der Waals surface area contributed by atoms with Gasteiger partial charge in [0.2, 0.25) is 0 Å². The Labute approximate surface area is 125 Å². The van der Waals surface area contributed by atoms with E-state index in [2.05, 4.69) is 28.3 Å². The number of para-hydroxylation sites is 1. The molecule has 0 aliphatic carbocycles. The van der Waals surface area contributed by atoms with Crippen LogP contribution in [0.2, 0.25) is 0 Å². The van der Waals surface area contributed by atoms with Gasteiger partial charge in [-0.15, -0.1) is 0 Å². The van der Waals surface area contributed by atoms with E-state index in [4.69, 9.17) is 0 Å². The lowest BCUT2D eigenvalue weighted by Crippen LogP contribution is -2.43. The van der Waals surface area contributed by atoms with Crippen molar-refractivity contribution >= 4 is 0 Å². The van der Waals surface area contributed by atoms with E-state index in [0.717, 1.165) is 25.1 Å². The van der Waals surface area contributed by atoms with Crippen LogP contribution in [-0.4, -0.2) is 38.0 Å². The number of aromatic nitrogens is 2. The van der Waals surface area contributed by atoms with Crippen molar-refractivity contribution in [2.75, 3.05) is 0 Å². The van der Waals surface area contributed by atoms with Crippen LogP contribution in [0.1, 0.15) is 31.2 Å². The molecule has 21 heavy (non-hydrogen) atoms. The van der Waals surface area contributed by atoms with Gasteiger partial charge < -0.3 is 5.11 Å². The summed E-state index contributed by atoms with van der Waals surface area (Å²) in [5.74, 6) is 0. The highest BCUT2D eigenvalue weighted by molar-refractivity contribution is 5.30. The van der Waals surface area contributed by atoms with Crippen molar-refractivity contribution in [1.29, 1.82) is 0 Å². The molecule has 2 aliphatic heterocycles. The van der Waals surface area contributed by atoms with Crippen LogP contribution in [0.5, 0.6) is 0 Å². The number of fused-ring (bicyclic) bond motifs is 2. The molecule has 1 aromatic heterocycles. The monoisotopic (exact) mass is 283 g/mol. The summed E-state index contributed by atoms with van der Waals surface area (Å²) < 4.78 is 1.94. The Morgan fingerprint density at radius 3 is 2.52 bits per heavy atom. The number of aliphatic hydroxyl groups is 1. The summed E-state index contributed by atoms with van der Waals surface area (Å²) >= 11 is 0. The molecule has 2 aliphatic rings. The fraction of sp³-hybridized carbons (Fsp3) is 0.471. The molecule has 110 valence electrons. The molecule has 3 heterocycles. The second-order valence-electron chi connectivity index (χ2n) is 6.31. The molecule has 4 rings (SSSR count). The molecule has 2 atom stereocenters. The normalized spacial score (nSPS) is 28.9. The van der Waals surface area contributed by atoms with Crippen LogP contribution in [-0.2, 0) is 6.54 Å². The lowest BCUT2D eigenvalue weighted by Gasteiger charge is -2.36. The Bertz CT molecular complexity index is 596. The van der Waals surface area contributed by atoms with Gasteiger partial charge in [-0.1, -0.05) is 18.2 Å². The number of rotatable bonds is 3. The van der Waals surface area contributed by atoms with Crippen molar-refractivity contribution in [1.82, 2.24) is 14.7 Å². The van der Waals surface area contributed by atoms with Crippen LogP contribution in [0.15, 0.2) is 42.7 Å². The Morgan fingerprint density at radius 2 is 1.81 bits per heavy atom. The summed E-state index contributed by atoms with van der Waals surface area (Å²) in [6.45, 7) is 0.953. The molecule has 1 aromatic carbocycles. The van der Waals surface area contributed by atoms with Crippen molar-refractivity contribution in [2.24, 2.45) is 0 Å². The van der Waals surface area contributed by atoms with E-state index in [-0.39, 0.29) is 6.10 Å². The average Bonchev–Trinajstić information content (AvgIpc) is 3.05. The third-order valence-corrected chi connectivity index (χ3v) is 4.88. The topological polar surface area (TPSA) is 41.3 Å². The lowest BCUT2D eigenvalue weighted by atomic mass is 9.99. The first-order chi connectivity index (χ1) is 10.3. The van der Waals surface area contributed by atoms with Crippen LogP contribution in [0.3, 0.4) is 0 Å². The second-order valence-corrected chi connectivity index (χ2v) is 6.31. The first-order valence-electron chi connectivity index (χ1n) is 7.82. The van der Waals surface area contributed by atoms with E-state index >= 15 is 0 Å². The average molecular weight is 283 g/mol. The number of benzene rings is 1. The van der Waals surface area contributed by atoms with E-state index in [1.165, 1.54) is 18.4 Å². The van der Waals surface area contributed by atoms with Crippen molar-refractivity contribution < 1.29 is 5.11 Å². The third-order valence-electron chi connectivity index (χ3n) is 4.88. The first-order valence-corrected chi connectivity index (χ1v) is 7.82. The van der Waals surface area contributed by atoms with Gasteiger partial charge >= 0.3 is 0 Å². The SMILES string of the molecule is OC1CC2CCC(C1)N2Cc1cnn(-c2ccccc2)c1. The van der Waals surface area contributed by atoms with Gasteiger partial charge in [0.05, 0.1) is 18.0 Å². The number of piperidine rings is 1. The van der Waals surface area contributed by atoms with E-state index in [1.807, 2.05) is 29.1 Å². The largest absolute Gasteiger partial charge is 0.393 e. The minimum Gasteiger partial charge on any atom is -0.393 e. The van der Waals surface area contributed by atoms with E-state index in [1.54, 1.807) is 0 Å². The lowest BCUT2D eigenvalue weighted by molar-refractivity contribution is 0.0310. The molecule has 0 amide bonds. The number of hydrogen-bond donors (Lipinski definition) is 1. The van der Waals surface area contributed by atoms with Crippen molar-refractivity contribution in [3.05, 3.63) is 48.3 Å². The van der Waals surface area contributed by atoms with Crippen molar-refractivity contribution in [3.63, 3.8) is 0 Å². The highest BCUT2D eigenvalue weighted by Crippen LogP contribution is 2.36. The quantitative estimate of drug-likeness (QED) is 0.940. The predicted molar refractivity (Wildman–Crippen MR) is 81.2 cm³/mol. The fourth-order valence-corrected chi connectivity index (χ4v) is 3.88. The van der Waals surface area contributed by atoms with Crippen LogP contribution >= 0.6 is 0 Å². The van der Waals surface area contributed by atoms with Gasteiger partial charge in [0.15, 0.2) is 0 Å². The molecule has 1 N–H and O–H groups in total. The Morgan fingerprint density at radius 1 is 1.10 bits per heavy atom. The second kappa shape index (κ2) is 5.28. The Balaban J connectivity index is 1.50. The highest BCUT2D eigenvalue weighted by atomic mass is 16.3. The summed E-state index contributed by atoms with van der Waals surface area (Å²) in [7, 11) is 0. The van der Waals surface area contributed by atoms with Gasteiger partial charge in [-0.05, 0) is 37.8 Å². The highest BCUT2D eigenvalue weighted by Gasteiger charge is 2.39. The molecule has 2 saturated heterocycles. The van der Waals surface area contributed by atoms with Gasteiger partial charge in [0, 0.05) is 30.4 Å². The van der Waals surface area contributed by atoms with Crippen molar-refractivity contribution in [3.8, 4) is 5.69 Å². The first kappa shape index (κ1) is 13.0. The van der Waals surface area contributed by atoms with Gasteiger partial charge in [0.25, 0.3) is 0 Å². The maximum absolute atomic E-state index is 9.88. The third kappa shape index (κ3) is 2.49. The molecule has 4 nitrogen and oxygen atoms in total. The molecule has 2 aromatic rings. The maximum Gasteiger partial charge on any atom is 0.0645 e.